The lowest BCUT2D eigenvalue weighted by Gasteiger charge is -2.36. The van der Waals surface area contributed by atoms with Crippen LogP contribution in [0, 0.1) is 11.8 Å². The molecule has 2 fully saturated rings. The Kier molecular flexibility index (Phi) is 10.9. The van der Waals surface area contributed by atoms with Gasteiger partial charge in [0, 0.05) is 55.8 Å². The number of ether oxygens (including phenoxy) is 1. The molecule has 5 heterocycles. The lowest BCUT2D eigenvalue weighted by atomic mass is 9.91. The molecule has 0 saturated carbocycles. The van der Waals surface area contributed by atoms with E-state index in [1.807, 2.05) is 65.2 Å². The number of nitrogens with one attached hydrogen (secondary N) is 1. The van der Waals surface area contributed by atoms with Crippen LogP contribution in [-0.2, 0) is 28.7 Å². The van der Waals surface area contributed by atoms with Gasteiger partial charge < -0.3 is 41.1 Å². The lowest BCUT2D eigenvalue weighted by Crippen LogP contribution is -2.54. The number of nitrogens with zero attached hydrogens (tertiary/aromatic N) is 4. The van der Waals surface area contributed by atoms with Gasteiger partial charge in [-0.25, -0.2) is 0 Å². The predicted octanol–water partition coefficient (Wildman–Crippen LogP) is 1.43. The van der Waals surface area contributed by atoms with E-state index in [-0.39, 0.29) is 59.2 Å². The van der Waals surface area contributed by atoms with E-state index < -0.39 is 29.8 Å². The number of carbonyl (C=O) groups is 5. The monoisotopic (exact) mass is 695 g/mol. The molecule has 2 saturated heterocycles. The third-order valence-corrected chi connectivity index (χ3v) is 10.8. The summed E-state index contributed by atoms with van der Waals surface area (Å²) in [5.41, 5.74) is 13.6. The van der Waals surface area contributed by atoms with Crippen LogP contribution in [0.15, 0.2) is 35.4 Å². The van der Waals surface area contributed by atoms with E-state index in [0.29, 0.717) is 56.9 Å². The first kappa shape index (κ1) is 37.5. The molecule has 5 N–H and O–H groups in total. The molecule has 3 amide bonds. The smallest absolute Gasteiger partial charge is 0.251 e. The zero-order valence-corrected chi connectivity index (χ0v) is 31.0. The Labute approximate surface area is 296 Å². The van der Waals surface area contributed by atoms with E-state index >= 15 is 0 Å². The van der Waals surface area contributed by atoms with E-state index in [9.17, 15) is 24.0 Å². The van der Waals surface area contributed by atoms with E-state index in [2.05, 4.69) is 10.2 Å². The van der Waals surface area contributed by atoms with E-state index in [4.69, 9.17) is 16.2 Å². The Hall–Kier alpha value is -3.71. The first-order valence-corrected chi connectivity index (χ1v) is 18.3. The molecule has 276 valence electrons. The van der Waals surface area contributed by atoms with Crippen LogP contribution in [0.3, 0.4) is 0 Å². The molecular weight excluding hydrogens is 638 g/mol. The second-order valence-corrected chi connectivity index (χ2v) is 16.1. The molecule has 5 aliphatic heterocycles. The van der Waals surface area contributed by atoms with Crippen LogP contribution in [0.5, 0.6) is 0 Å². The maximum atomic E-state index is 13.9. The third-order valence-electron chi connectivity index (χ3n) is 10.8. The highest BCUT2D eigenvalue weighted by molar-refractivity contribution is 6.03. The molecule has 0 aliphatic carbocycles. The zero-order chi connectivity index (χ0) is 36.8. The molecular formula is C37H57N7O6. The fourth-order valence-electron chi connectivity index (χ4n) is 8.08. The molecule has 13 heteroatoms. The number of carbonyl (C=O) groups excluding carboxylic acids is 5. The fourth-order valence-corrected chi connectivity index (χ4v) is 8.08. The highest BCUT2D eigenvalue weighted by atomic mass is 16.5. The van der Waals surface area contributed by atoms with Crippen LogP contribution in [0.25, 0.3) is 0 Å². The van der Waals surface area contributed by atoms with Crippen molar-refractivity contribution < 1.29 is 28.7 Å². The quantitative estimate of drug-likeness (QED) is 0.256. The number of Topliss-reactive ketones (excluding diaryl/α,β-unsaturated/α-hetero) is 2. The van der Waals surface area contributed by atoms with Crippen LogP contribution in [0.1, 0.15) is 81.1 Å². The van der Waals surface area contributed by atoms with Crippen molar-refractivity contribution in [2.75, 3.05) is 26.2 Å². The summed E-state index contributed by atoms with van der Waals surface area (Å²) in [5, 5.41) is 2.78. The number of rotatable bonds is 13. The molecule has 5 unspecified atom stereocenters. The zero-order valence-electron chi connectivity index (χ0n) is 31.0. The van der Waals surface area contributed by atoms with Crippen molar-refractivity contribution in [1.82, 2.24) is 24.9 Å². The molecule has 5 aliphatic rings. The molecule has 0 bridgehead atoms. The summed E-state index contributed by atoms with van der Waals surface area (Å²) >= 11 is 0. The van der Waals surface area contributed by atoms with Gasteiger partial charge in [-0.3, -0.25) is 24.0 Å². The largest absolute Gasteiger partial charge is 0.490 e. The minimum absolute atomic E-state index is 0.0560. The topological polar surface area (TPSA) is 172 Å². The number of ketones is 2. The fraction of sp³-hybridized carbons (Fsp3) is 0.703. The van der Waals surface area contributed by atoms with E-state index in [0.717, 1.165) is 12.1 Å². The summed E-state index contributed by atoms with van der Waals surface area (Å²) in [5.74, 6) is -0.562. The Morgan fingerprint density at radius 3 is 2.06 bits per heavy atom. The molecule has 13 nitrogen and oxygen atoms in total. The minimum atomic E-state index is -0.893. The average molecular weight is 696 g/mol. The van der Waals surface area contributed by atoms with Crippen molar-refractivity contribution >= 4 is 29.3 Å². The van der Waals surface area contributed by atoms with Crippen LogP contribution >= 0.6 is 0 Å². The molecule has 0 spiro atoms. The summed E-state index contributed by atoms with van der Waals surface area (Å²) in [6, 6.07) is -3.70. The van der Waals surface area contributed by atoms with Gasteiger partial charge in [-0.1, -0.05) is 34.1 Å². The van der Waals surface area contributed by atoms with Crippen LogP contribution in [-0.4, -0.2) is 123 Å². The molecule has 0 radical (unpaired) electrons. The van der Waals surface area contributed by atoms with E-state index in [1.54, 1.807) is 11.0 Å². The van der Waals surface area contributed by atoms with Crippen molar-refractivity contribution in [2.45, 2.75) is 129 Å². The Balaban J connectivity index is 1.26. The maximum Gasteiger partial charge on any atom is 0.251 e. The van der Waals surface area contributed by atoms with Crippen LogP contribution < -0.4 is 16.8 Å². The SMILES string of the molecule is CC[C@H](C)[C@H](N)C(=O)C1C(OC(C)(C)C)=CC(=O)N1C1CCN(C2=CC(=O)N(C3CCN(C4=CC(=O)NC4C(=O)[C@@H](N)CC(C)C)C3)C2C)C1. The minimum Gasteiger partial charge on any atom is -0.490 e. The van der Waals surface area contributed by atoms with E-state index in [1.165, 1.54) is 12.2 Å². The number of hydrogen-bond acceptors (Lipinski definition) is 10. The van der Waals surface area contributed by atoms with Crippen molar-refractivity contribution in [3.05, 3.63) is 35.4 Å². The van der Waals surface area contributed by atoms with Gasteiger partial charge in [-0.2, -0.15) is 0 Å². The lowest BCUT2D eigenvalue weighted by molar-refractivity contribution is -0.137. The Bertz CT molecular complexity index is 1480. The van der Waals surface area contributed by atoms with Gasteiger partial charge in [0.05, 0.1) is 30.2 Å². The second kappa shape index (κ2) is 14.5. The van der Waals surface area contributed by atoms with Crippen molar-refractivity contribution in [3.8, 4) is 0 Å². The first-order valence-electron chi connectivity index (χ1n) is 18.3. The molecule has 0 aromatic rings. The highest BCUT2D eigenvalue weighted by Gasteiger charge is 2.49. The van der Waals surface area contributed by atoms with Gasteiger partial charge in [0.25, 0.3) is 5.91 Å². The molecule has 50 heavy (non-hydrogen) atoms. The Morgan fingerprint density at radius 1 is 0.900 bits per heavy atom. The summed E-state index contributed by atoms with van der Waals surface area (Å²) in [6.07, 6.45) is 7.19. The van der Waals surface area contributed by atoms with Gasteiger partial charge in [-0.05, 0) is 58.8 Å². The first-order chi connectivity index (χ1) is 23.4. The summed E-state index contributed by atoms with van der Waals surface area (Å²) in [7, 11) is 0. The van der Waals surface area contributed by atoms with Crippen molar-refractivity contribution in [3.63, 3.8) is 0 Å². The van der Waals surface area contributed by atoms with Crippen LogP contribution in [0.2, 0.25) is 0 Å². The number of nitrogens with two attached hydrogens (primary N) is 2. The standard InChI is InChI=1S/C37H57N7O6/c1-9-21(4)32(39)36(49)34-28(50-37(6,7)8)17-31(47)44(34)24-11-12-41(19-24)26-16-30(46)43(22(26)5)23-10-13-42(18-23)27-15-29(45)40-33(27)35(48)25(38)14-20(2)3/h15-17,20-25,32-34H,9-14,18-19,38-39H2,1-8H3,(H,40,45)/t21-,22?,23?,24?,25-,32-,33?,34?/m0/s1. The predicted molar refractivity (Wildman–Crippen MR) is 189 cm³/mol. The molecule has 0 aromatic carbocycles. The molecule has 5 rings (SSSR count). The Morgan fingerprint density at radius 2 is 1.48 bits per heavy atom. The third kappa shape index (κ3) is 7.49. The number of hydrogen-bond donors (Lipinski definition) is 3. The normalized spacial score (nSPS) is 29.1. The van der Waals surface area contributed by atoms with Gasteiger partial charge in [0.1, 0.15) is 17.4 Å². The summed E-state index contributed by atoms with van der Waals surface area (Å²) in [6.45, 7) is 17.8. The average Bonchev–Trinajstić information content (AvgIpc) is 3.86. The van der Waals surface area contributed by atoms with Gasteiger partial charge in [-0.15, -0.1) is 0 Å². The highest BCUT2D eigenvalue weighted by Crippen LogP contribution is 2.36. The maximum absolute atomic E-state index is 13.9. The van der Waals surface area contributed by atoms with Gasteiger partial charge >= 0.3 is 0 Å². The molecule has 8 atom stereocenters. The second-order valence-electron chi connectivity index (χ2n) is 16.1. The van der Waals surface area contributed by atoms with Crippen molar-refractivity contribution in [2.24, 2.45) is 23.3 Å². The van der Waals surface area contributed by atoms with Gasteiger partial charge in [0.15, 0.2) is 17.6 Å². The molecule has 0 aromatic heterocycles. The summed E-state index contributed by atoms with van der Waals surface area (Å²) in [4.78, 5) is 74.3. The summed E-state index contributed by atoms with van der Waals surface area (Å²) < 4.78 is 6.17. The van der Waals surface area contributed by atoms with Crippen molar-refractivity contribution in [1.29, 1.82) is 0 Å². The number of likely N-dealkylation sites (tertiary alicyclic amines) is 2. The number of amides is 3. The van der Waals surface area contributed by atoms with Crippen LogP contribution in [0.4, 0.5) is 0 Å². The van der Waals surface area contributed by atoms with Gasteiger partial charge in [0.2, 0.25) is 11.8 Å².